The van der Waals surface area contributed by atoms with Gasteiger partial charge in [0.1, 0.15) is 5.76 Å². The summed E-state index contributed by atoms with van der Waals surface area (Å²) in [7, 11) is 0. The molecule has 0 saturated carbocycles. The Morgan fingerprint density at radius 3 is 2.58 bits per heavy atom. The van der Waals surface area contributed by atoms with Crippen LogP contribution in [0.5, 0.6) is 0 Å². The van der Waals surface area contributed by atoms with Crippen LogP contribution in [0, 0.1) is 6.92 Å². The van der Waals surface area contributed by atoms with E-state index in [4.69, 9.17) is 13.9 Å². The first kappa shape index (κ1) is 8.29. The molecule has 2 heterocycles. The van der Waals surface area contributed by atoms with Crippen LogP contribution in [0.15, 0.2) is 15.0 Å². The molecule has 1 saturated heterocycles. The second kappa shape index (κ2) is 3.20. The molecule has 0 aromatic carbocycles. The van der Waals surface area contributed by atoms with Crippen LogP contribution in [0.3, 0.4) is 0 Å². The van der Waals surface area contributed by atoms with Crippen molar-refractivity contribution in [1.82, 2.24) is 0 Å². The van der Waals surface area contributed by atoms with Crippen molar-refractivity contribution in [2.75, 3.05) is 13.2 Å². The summed E-state index contributed by atoms with van der Waals surface area (Å²) in [5, 5.41) is 0. The van der Waals surface area contributed by atoms with E-state index in [0.717, 1.165) is 16.0 Å². The largest absolute Gasteiger partial charge is 0.460 e. The summed E-state index contributed by atoms with van der Waals surface area (Å²) in [6.07, 6.45) is -0.310. The van der Waals surface area contributed by atoms with Crippen LogP contribution in [0.1, 0.15) is 17.8 Å². The summed E-state index contributed by atoms with van der Waals surface area (Å²) >= 11 is 3.36. The second-order valence-corrected chi connectivity index (χ2v) is 3.48. The van der Waals surface area contributed by atoms with Crippen molar-refractivity contribution in [3.8, 4) is 0 Å². The molecule has 1 aromatic rings. The highest BCUT2D eigenvalue weighted by Gasteiger charge is 2.22. The van der Waals surface area contributed by atoms with Gasteiger partial charge in [-0.1, -0.05) is 0 Å². The molecule has 4 heteroatoms. The zero-order chi connectivity index (χ0) is 8.55. The van der Waals surface area contributed by atoms with Crippen molar-refractivity contribution in [3.63, 3.8) is 0 Å². The first-order chi connectivity index (χ1) is 5.77. The molecule has 1 aromatic heterocycles. The zero-order valence-corrected chi connectivity index (χ0v) is 8.26. The van der Waals surface area contributed by atoms with Crippen molar-refractivity contribution in [2.45, 2.75) is 13.2 Å². The first-order valence-corrected chi connectivity index (χ1v) is 4.56. The number of rotatable bonds is 1. The fraction of sp³-hybridized carbons (Fsp3) is 0.500. The Morgan fingerprint density at radius 1 is 1.42 bits per heavy atom. The van der Waals surface area contributed by atoms with Gasteiger partial charge in [-0.15, -0.1) is 0 Å². The Labute approximate surface area is 78.8 Å². The molecule has 3 nitrogen and oxygen atoms in total. The van der Waals surface area contributed by atoms with Gasteiger partial charge >= 0.3 is 0 Å². The number of halogens is 1. The van der Waals surface area contributed by atoms with Gasteiger partial charge in [-0.25, -0.2) is 0 Å². The van der Waals surface area contributed by atoms with E-state index in [1.54, 1.807) is 0 Å². The van der Waals surface area contributed by atoms with Crippen LogP contribution in [-0.2, 0) is 9.47 Å². The van der Waals surface area contributed by atoms with Gasteiger partial charge in [-0.3, -0.25) is 0 Å². The van der Waals surface area contributed by atoms with E-state index >= 15 is 0 Å². The standard InChI is InChI=1S/C8H9BrO3/c1-5-6(9)4-7(12-5)8-10-2-3-11-8/h4,8H,2-3H2,1H3. The summed E-state index contributed by atoms with van der Waals surface area (Å²) in [5.41, 5.74) is 0. The Morgan fingerprint density at radius 2 is 2.08 bits per heavy atom. The number of ether oxygens (including phenoxy) is 2. The molecule has 0 atom stereocenters. The molecule has 0 aliphatic carbocycles. The number of hydrogen-bond donors (Lipinski definition) is 0. The molecule has 2 rings (SSSR count). The van der Waals surface area contributed by atoms with Crippen LogP contribution in [-0.4, -0.2) is 13.2 Å². The van der Waals surface area contributed by atoms with Crippen LogP contribution in [0.2, 0.25) is 0 Å². The van der Waals surface area contributed by atoms with E-state index in [1.165, 1.54) is 0 Å². The number of furan rings is 1. The SMILES string of the molecule is Cc1oc(C2OCCO2)cc1Br. The maximum atomic E-state index is 5.40. The number of hydrogen-bond acceptors (Lipinski definition) is 3. The van der Waals surface area contributed by atoms with Crippen molar-refractivity contribution >= 4 is 15.9 Å². The Kier molecular flexibility index (Phi) is 2.21. The van der Waals surface area contributed by atoms with Crippen LogP contribution in [0.25, 0.3) is 0 Å². The third-order valence-electron chi connectivity index (χ3n) is 1.73. The Hall–Kier alpha value is -0.320. The molecule has 1 fully saturated rings. The van der Waals surface area contributed by atoms with Crippen molar-refractivity contribution in [2.24, 2.45) is 0 Å². The van der Waals surface area contributed by atoms with Crippen molar-refractivity contribution < 1.29 is 13.9 Å². The normalized spacial score (nSPS) is 18.8. The predicted octanol–water partition coefficient (Wildman–Crippen LogP) is 2.40. The van der Waals surface area contributed by atoms with Crippen LogP contribution in [0.4, 0.5) is 0 Å². The quantitative estimate of drug-likeness (QED) is 0.746. The molecule has 1 aliphatic heterocycles. The first-order valence-electron chi connectivity index (χ1n) is 3.76. The second-order valence-electron chi connectivity index (χ2n) is 2.63. The third kappa shape index (κ3) is 1.42. The molecule has 0 radical (unpaired) electrons. The molecule has 1 aliphatic rings. The molecular weight excluding hydrogens is 224 g/mol. The van der Waals surface area contributed by atoms with Gasteiger partial charge < -0.3 is 13.9 Å². The summed E-state index contributed by atoms with van der Waals surface area (Å²) in [6, 6.07) is 1.88. The van der Waals surface area contributed by atoms with Gasteiger partial charge in [0, 0.05) is 0 Å². The van der Waals surface area contributed by atoms with Gasteiger partial charge in [0.15, 0.2) is 5.76 Å². The van der Waals surface area contributed by atoms with E-state index in [1.807, 2.05) is 13.0 Å². The van der Waals surface area contributed by atoms with E-state index in [-0.39, 0.29) is 6.29 Å². The van der Waals surface area contributed by atoms with Crippen molar-refractivity contribution in [1.29, 1.82) is 0 Å². The maximum absolute atomic E-state index is 5.40. The molecule has 0 N–H and O–H groups in total. The lowest BCUT2D eigenvalue weighted by Crippen LogP contribution is -1.94. The highest BCUT2D eigenvalue weighted by Crippen LogP contribution is 2.29. The van der Waals surface area contributed by atoms with Gasteiger partial charge in [0.05, 0.1) is 17.7 Å². The van der Waals surface area contributed by atoms with Gasteiger partial charge in [-0.2, -0.15) is 0 Å². The fourth-order valence-corrected chi connectivity index (χ4v) is 1.43. The number of aryl methyl sites for hydroxylation is 1. The molecule has 0 amide bonds. The molecule has 12 heavy (non-hydrogen) atoms. The zero-order valence-electron chi connectivity index (χ0n) is 6.67. The summed E-state index contributed by atoms with van der Waals surface area (Å²) in [5.74, 6) is 1.58. The van der Waals surface area contributed by atoms with E-state index < -0.39 is 0 Å². The van der Waals surface area contributed by atoms with Crippen LogP contribution >= 0.6 is 15.9 Å². The lowest BCUT2D eigenvalue weighted by Gasteiger charge is -2.03. The smallest absolute Gasteiger partial charge is 0.217 e. The molecular formula is C8H9BrO3. The third-order valence-corrected chi connectivity index (χ3v) is 2.52. The Balaban J connectivity index is 2.21. The minimum atomic E-state index is -0.310. The minimum Gasteiger partial charge on any atom is -0.460 e. The molecule has 0 bridgehead atoms. The highest BCUT2D eigenvalue weighted by atomic mass is 79.9. The van der Waals surface area contributed by atoms with E-state index in [0.29, 0.717) is 13.2 Å². The molecule has 0 unspecified atom stereocenters. The monoisotopic (exact) mass is 232 g/mol. The summed E-state index contributed by atoms with van der Waals surface area (Å²) in [4.78, 5) is 0. The molecule has 66 valence electrons. The van der Waals surface area contributed by atoms with Crippen molar-refractivity contribution in [3.05, 3.63) is 22.1 Å². The lowest BCUT2D eigenvalue weighted by molar-refractivity contribution is -0.0592. The highest BCUT2D eigenvalue weighted by molar-refractivity contribution is 9.10. The van der Waals surface area contributed by atoms with Gasteiger partial charge in [0.25, 0.3) is 0 Å². The minimum absolute atomic E-state index is 0.310. The fourth-order valence-electron chi connectivity index (χ4n) is 1.12. The van der Waals surface area contributed by atoms with E-state index in [9.17, 15) is 0 Å². The maximum Gasteiger partial charge on any atom is 0.217 e. The van der Waals surface area contributed by atoms with E-state index in [2.05, 4.69) is 15.9 Å². The summed E-state index contributed by atoms with van der Waals surface area (Å²) in [6.45, 7) is 3.17. The molecule has 0 spiro atoms. The topological polar surface area (TPSA) is 31.6 Å². The Bertz CT molecular complexity index is 256. The lowest BCUT2D eigenvalue weighted by atomic mass is 10.4. The predicted molar refractivity (Wildman–Crippen MR) is 45.8 cm³/mol. The van der Waals surface area contributed by atoms with Crippen LogP contribution < -0.4 is 0 Å². The van der Waals surface area contributed by atoms with Gasteiger partial charge in [-0.05, 0) is 28.9 Å². The average Bonchev–Trinajstić information content (AvgIpc) is 2.61. The van der Waals surface area contributed by atoms with Gasteiger partial charge in [0.2, 0.25) is 6.29 Å². The average molecular weight is 233 g/mol. The summed E-state index contributed by atoms with van der Waals surface area (Å²) < 4.78 is 16.9.